The number of benzene rings is 1. The number of rotatable bonds is 6. The van der Waals surface area contributed by atoms with E-state index in [2.05, 4.69) is 5.32 Å². The molecule has 0 spiro atoms. The lowest BCUT2D eigenvalue weighted by Gasteiger charge is -2.19. The Bertz CT molecular complexity index is 462. The van der Waals surface area contributed by atoms with Crippen molar-refractivity contribution in [1.29, 1.82) is 0 Å². The molecular formula is C14H20F3NOS. The molecule has 2 nitrogen and oxygen atoms in total. The second kappa shape index (κ2) is 7.22. The summed E-state index contributed by atoms with van der Waals surface area (Å²) in [6, 6.07) is 4.84. The summed E-state index contributed by atoms with van der Waals surface area (Å²) < 4.78 is 50.1. The maximum atomic E-state index is 12.7. The van der Waals surface area contributed by atoms with Gasteiger partial charge >= 0.3 is 6.18 Å². The van der Waals surface area contributed by atoms with Crippen LogP contribution in [-0.2, 0) is 17.0 Å². The quantitative estimate of drug-likeness (QED) is 0.871. The fraction of sp³-hybridized carbons (Fsp3) is 0.571. The van der Waals surface area contributed by atoms with Gasteiger partial charge in [-0.05, 0) is 31.2 Å². The lowest BCUT2D eigenvalue weighted by Crippen LogP contribution is -2.26. The topological polar surface area (TPSA) is 29.1 Å². The summed E-state index contributed by atoms with van der Waals surface area (Å²) in [6.07, 6.45) is -3.57. The number of hydrogen-bond acceptors (Lipinski definition) is 2. The van der Waals surface area contributed by atoms with Gasteiger partial charge in [0.1, 0.15) is 0 Å². The van der Waals surface area contributed by atoms with Crippen molar-refractivity contribution >= 4 is 10.8 Å². The third-order valence-corrected chi connectivity index (χ3v) is 5.21. The Morgan fingerprint density at radius 2 is 2.00 bits per heavy atom. The monoisotopic (exact) mass is 307 g/mol. The van der Waals surface area contributed by atoms with Gasteiger partial charge in [0.15, 0.2) is 0 Å². The van der Waals surface area contributed by atoms with Crippen molar-refractivity contribution in [2.24, 2.45) is 0 Å². The fourth-order valence-corrected chi connectivity index (χ4v) is 3.18. The van der Waals surface area contributed by atoms with Crippen LogP contribution < -0.4 is 5.32 Å². The minimum atomic E-state index is -4.36. The zero-order chi connectivity index (χ0) is 15.3. The molecule has 1 aromatic rings. The highest BCUT2D eigenvalue weighted by molar-refractivity contribution is 7.85. The van der Waals surface area contributed by atoms with Gasteiger partial charge in [-0.2, -0.15) is 13.2 Å². The summed E-state index contributed by atoms with van der Waals surface area (Å²) in [5.74, 6) is 0.312. The van der Waals surface area contributed by atoms with Gasteiger partial charge in [-0.3, -0.25) is 4.21 Å². The molecule has 0 radical (unpaired) electrons. The molecular weight excluding hydrogens is 287 g/mol. The van der Waals surface area contributed by atoms with Crippen LogP contribution in [-0.4, -0.2) is 22.3 Å². The lowest BCUT2D eigenvalue weighted by molar-refractivity contribution is -0.137. The number of alkyl halides is 3. The number of hydrogen-bond donors (Lipinski definition) is 1. The lowest BCUT2D eigenvalue weighted by atomic mass is 10.1. The highest BCUT2D eigenvalue weighted by Crippen LogP contribution is 2.31. The molecule has 0 aliphatic carbocycles. The summed E-state index contributed by atoms with van der Waals surface area (Å²) in [5, 5.41) is 2.99. The smallest absolute Gasteiger partial charge is 0.312 e. The second-order valence-corrected chi connectivity index (χ2v) is 6.63. The van der Waals surface area contributed by atoms with Gasteiger partial charge in [-0.25, -0.2) is 0 Å². The molecule has 0 aliphatic rings. The molecule has 0 bridgehead atoms. The Morgan fingerprint density at radius 3 is 2.50 bits per heavy atom. The first kappa shape index (κ1) is 17.2. The Kier molecular flexibility index (Phi) is 6.20. The van der Waals surface area contributed by atoms with Crippen molar-refractivity contribution < 1.29 is 17.4 Å². The van der Waals surface area contributed by atoms with Crippen molar-refractivity contribution in [2.45, 2.75) is 37.7 Å². The Labute approximate surface area is 120 Å². The average Bonchev–Trinajstić information content (AvgIpc) is 2.42. The Balaban J connectivity index is 2.93. The van der Waals surface area contributed by atoms with E-state index in [1.165, 1.54) is 6.07 Å². The molecule has 0 aliphatic heterocycles. The first-order chi connectivity index (χ1) is 9.29. The van der Waals surface area contributed by atoms with Crippen molar-refractivity contribution in [3.05, 3.63) is 35.4 Å². The van der Waals surface area contributed by atoms with Crippen LogP contribution in [0.3, 0.4) is 0 Å². The molecule has 1 rings (SSSR count). The van der Waals surface area contributed by atoms with E-state index < -0.39 is 22.5 Å². The first-order valence-electron chi connectivity index (χ1n) is 6.51. The standard InChI is InChI=1S/C14H20F3NOS/c1-4-10(2)20(19)9-13(18-3)11-6-5-7-12(8-11)14(15,16)17/h5-8,10,13,18H,4,9H2,1-3H3. The van der Waals surface area contributed by atoms with E-state index in [0.29, 0.717) is 11.3 Å². The van der Waals surface area contributed by atoms with Crippen LogP contribution in [0.4, 0.5) is 13.2 Å². The summed E-state index contributed by atoms with van der Waals surface area (Å²) in [6.45, 7) is 3.83. The minimum Gasteiger partial charge on any atom is -0.312 e. The summed E-state index contributed by atoms with van der Waals surface area (Å²) in [4.78, 5) is 0. The van der Waals surface area contributed by atoms with E-state index in [4.69, 9.17) is 0 Å². The van der Waals surface area contributed by atoms with Gasteiger partial charge < -0.3 is 5.32 Å². The molecule has 1 aromatic carbocycles. The molecule has 3 unspecified atom stereocenters. The molecule has 1 N–H and O–H groups in total. The SMILES string of the molecule is CCC(C)S(=O)CC(NC)c1cccc(C(F)(F)F)c1. The van der Waals surface area contributed by atoms with Crippen molar-refractivity contribution in [3.8, 4) is 0 Å². The normalized spacial score (nSPS) is 16.7. The molecule has 20 heavy (non-hydrogen) atoms. The molecule has 0 heterocycles. The van der Waals surface area contributed by atoms with Gasteiger partial charge in [0.2, 0.25) is 0 Å². The van der Waals surface area contributed by atoms with Crippen LogP contribution in [0.15, 0.2) is 24.3 Å². The largest absolute Gasteiger partial charge is 0.416 e. The van der Waals surface area contributed by atoms with Crippen molar-refractivity contribution in [1.82, 2.24) is 5.32 Å². The molecule has 0 amide bonds. The van der Waals surface area contributed by atoms with E-state index in [1.54, 1.807) is 13.1 Å². The minimum absolute atomic E-state index is 0.0386. The third kappa shape index (κ3) is 4.59. The van der Waals surface area contributed by atoms with E-state index in [0.717, 1.165) is 18.6 Å². The zero-order valence-electron chi connectivity index (χ0n) is 11.8. The summed E-state index contributed by atoms with van der Waals surface area (Å²) in [7, 11) is 0.599. The van der Waals surface area contributed by atoms with Crippen LogP contribution >= 0.6 is 0 Å². The summed E-state index contributed by atoms with van der Waals surface area (Å²) in [5.41, 5.74) is -0.163. The zero-order valence-corrected chi connectivity index (χ0v) is 12.6. The second-order valence-electron chi connectivity index (χ2n) is 4.73. The average molecular weight is 307 g/mol. The van der Waals surface area contributed by atoms with Crippen molar-refractivity contribution in [2.75, 3.05) is 12.8 Å². The summed E-state index contributed by atoms with van der Waals surface area (Å²) >= 11 is 0. The molecule has 6 heteroatoms. The van der Waals surface area contributed by atoms with Gasteiger partial charge in [0.25, 0.3) is 0 Å². The Hall–Kier alpha value is -0.880. The Morgan fingerprint density at radius 1 is 1.35 bits per heavy atom. The van der Waals surface area contributed by atoms with Crippen LogP contribution in [0, 0.1) is 0 Å². The van der Waals surface area contributed by atoms with Crippen LogP contribution in [0.5, 0.6) is 0 Å². The van der Waals surface area contributed by atoms with E-state index in [-0.39, 0.29) is 11.3 Å². The van der Waals surface area contributed by atoms with Gasteiger partial charge in [0.05, 0.1) is 5.56 Å². The van der Waals surface area contributed by atoms with Crippen LogP contribution in [0.2, 0.25) is 0 Å². The number of halogens is 3. The fourth-order valence-electron chi connectivity index (χ4n) is 1.79. The van der Waals surface area contributed by atoms with Gasteiger partial charge in [0, 0.05) is 27.8 Å². The molecule has 114 valence electrons. The highest BCUT2D eigenvalue weighted by Gasteiger charge is 2.31. The highest BCUT2D eigenvalue weighted by atomic mass is 32.2. The van der Waals surface area contributed by atoms with E-state index >= 15 is 0 Å². The number of nitrogens with one attached hydrogen (secondary N) is 1. The van der Waals surface area contributed by atoms with Crippen molar-refractivity contribution in [3.63, 3.8) is 0 Å². The van der Waals surface area contributed by atoms with E-state index in [9.17, 15) is 17.4 Å². The molecule has 0 saturated carbocycles. The van der Waals surface area contributed by atoms with E-state index in [1.807, 2.05) is 13.8 Å². The third-order valence-electron chi connectivity index (χ3n) is 3.32. The predicted molar refractivity (Wildman–Crippen MR) is 76.0 cm³/mol. The maximum absolute atomic E-state index is 12.7. The van der Waals surface area contributed by atoms with Crippen LogP contribution in [0.25, 0.3) is 0 Å². The molecule has 0 fully saturated rings. The molecule has 3 atom stereocenters. The molecule has 0 saturated heterocycles. The van der Waals surface area contributed by atoms with Gasteiger partial charge in [-0.15, -0.1) is 0 Å². The van der Waals surface area contributed by atoms with Crippen LogP contribution in [0.1, 0.15) is 37.4 Å². The molecule has 0 aromatic heterocycles. The maximum Gasteiger partial charge on any atom is 0.416 e. The van der Waals surface area contributed by atoms with Gasteiger partial charge in [-0.1, -0.05) is 26.0 Å². The first-order valence-corrected chi connectivity index (χ1v) is 7.89. The predicted octanol–water partition coefficient (Wildman–Crippen LogP) is 3.51.